The summed E-state index contributed by atoms with van der Waals surface area (Å²) in [7, 11) is 0. The fourth-order valence-electron chi connectivity index (χ4n) is 5.08. The van der Waals surface area contributed by atoms with Gasteiger partial charge < -0.3 is 20.9 Å². The van der Waals surface area contributed by atoms with Crippen molar-refractivity contribution in [2.45, 2.75) is 62.9 Å². The van der Waals surface area contributed by atoms with Crippen LogP contribution in [0.2, 0.25) is 0 Å². The molecule has 4 N–H and O–H groups in total. The smallest absolute Gasteiger partial charge is 0.245 e. The van der Waals surface area contributed by atoms with Crippen molar-refractivity contribution in [2.75, 3.05) is 29.9 Å². The standard InChI is InChI=1S/C23H31N9O/c1-23(20(33)25-16-5-2-10-24-14-16)9-4-12-32(23)22-27-19-6-3-11-31(19)21(28-22)26-18-13-17(29-30-18)15-7-8-15/h3,6,11,13,15-16,24H,2,4-5,7-10,12,14H2,1H3,(H,25,33)(H2,26,27,28,29,30)/t16-,23+/m1/s1. The van der Waals surface area contributed by atoms with Crippen molar-refractivity contribution in [2.24, 2.45) is 0 Å². The maximum Gasteiger partial charge on any atom is 0.245 e. The van der Waals surface area contributed by atoms with Gasteiger partial charge in [-0.25, -0.2) is 0 Å². The topological polar surface area (TPSA) is 115 Å². The number of hydrogen-bond donors (Lipinski definition) is 4. The number of piperidine rings is 1. The highest BCUT2D eigenvalue weighted by molar-refractivity contribution is 5.90. The Morgan fingerprint density at radius 1 is 1.24 bits per heavy atom. The first-order valence-corrected chi connectivity index (χ1v) is 12.1. The van der Waals surface area contributed by atoms with Gasteiger partial charge in [-0.15, -0.1) is 0 Å². The Balaban J connectivity index is 1.29. The quantitative estimate of drug-likeness (QED) is 0.456. The minimum absolute atomic E-state index is 0.0587. The lowest BCUT2D eigenvalue weighted by Crippen LogP contribution is -2.58. The van der Waals surface area contributed by atoms with Gasteiger partial charge in [0.2, 0.25) is 17.8 Å². The molecule has 174 valence electrons. The molecule has 3 aromatic rings. The van der Waals surface area contributed by atoms with E-state index in [1.807, 2.05) is 29.7 Å². The SMILES string of the molecule is C[C@@]1(C(=O)N[C@@H]2CCCNC2)CCCN1c1nc(Nc2cc(C3CC3)[nH]n2)n2cccc2n1. The number of hydrogen-bond acceptors (Lipinski definition) is 7. The van der Waals surface area contributed by atoms with Gasteiger partial charge in [0.15, 0.2) is 5.82 Å². The number of fused-ring (bicyclic) bond motifs is 1. The number of aromatic amines is 1. The lowest BCUT2D eigenvalue weighted by Gasteiger charge is -2.36. The summed E-state index contributed by atoms with van der Waals surface area (Å²) in [5, 5.41) is 17.6. The molecule has 10 heteroatoms. The molecule has 33 heavy (non-hydrogen) atoms. The van der Waals surface area contributed by atoms with E-state index >= 15 is 0 Å². The van der Waals surface area contributed by atoms with Crippen LogP contribution in [0.3, 0.4) is 0 Å². The highest BCUT2D eigenvalue weighted by atomic mass is 16.2. The molecule has 3 fully saturated rings. The first-order chi connectivity index (χ1) is 16.1. The summed E-state index contributed by atoms with van der Waals surface area (Å²) >= 11 is 0. The highest BCUT2D eigenvalue weighted by Crippen LogP contribution is 2.40. The number of carbonyl (C=O) groups is 1. The second-order valence-electron chi connectivity index (χ2n) is 9.74. The molecule has 5 heterocycles. The molecule has 1 saturated carbocycles. The zero-order valence-electron chi connectivity index (χ0n) is 19.0. The average molecular weight is 450 g/mol. The van der Waals surface area contributed by atoms with Gasteiger partial charge in [-0.1, -0.05) is 0 Å². The van der Waals surface area contributed by atoms with E-state index in [0.29, 0.717) is 17.8 Å². The van der Waals surface area contributed by atoms with Crippen LogP contribution in [0.5, 0.6) is 0 Å². The summed E-state index contributed by atoms with van der Waals surface area (Å²) in [5.74, 6) is 2.61. The van der Waals surface area contributed by atoms with Crippen LogP contribution >= 0.6 is 0 Å². The van der Waals surface area contributed by atoms with Crippen LogP contribution < -0.4 is 20.9 Å². The first kappa shape index (κ1) is 20.5. The highest BCUT2D eigenvalue weighted by Gasteiger charge is 2.45. The fraction of sp³-hybridized carbons (Fsp3) is 0.565. The Labute approximate surface area is 192 Å². The normalized spacial score (nSPS) is 25.5. The van der Waals surface area contributed by atoms with E-state index in [1.54, 1.807) is 0 Å². The van der Waals surface area contributed by atoms with Crippen LogP contribution in [0.4, 0.5) is 17.7 Å². The Morgan fingerprint density at radius 2 is 2.15 bits per heavy atom. The lowest BCUT2D eigenvalue weighted by molar-refractivity contribution is -0.126. The van der Waals surface area contributed by atoms with Crippen LogP contribution in [0.25, 0.3) is 5.65 Å². The minimum Gasteiger partial charge on any atom is -0.350 e. The van der Waals surface area contributed by atoms with Crippen molar-refractivity contribution < 1.29 is 4.79 Å². The van der Waals surface area contributed by atoms with Crippen LogP contribution in [-0.4, -0.2) is 61.7 Å². The van der Waals surface area contributed by atoms with Crippen molar-refractivity contribution in [1.82, 2.24) is 35.2 Å². The molecule has 3 aliphatic rings. The lowest BCUT2D eigenvalue weighted by atomic mass is 9.96. The molecule has 2 saturated heterocycles. The van der Waals surface area contributed by atoms with E-state index in [4.69, 9.17) is 9.97 Å². The molecule has 0 radical (unpaired) electrons. The Kier molecular flexibility index (Phi) is 4.97. The largest absolute Gasteiger partial charge is 0.350 e. The van der Waals surface area contributed by atoms with Crippen LogP contribution in [0.1, 0.15) is 57.1 Å². The third-order valence-corrected chi connectivity index (χ3v) is 7.23. The molecular weight excluding hydrogens is 418 g/mol. The monoisotopic (exact) mass is 449 g/mol. The number of amides is 1. The summed E-state index contributed by atoms with van der Waals surface area (Å²) in [4.78, 5) is 25.1. The number of anilines is 3. The van der Waals surface area contributed by atoms with Gasteiger partial charge in [0.1, 0.15) is 11.2 Å². The van der Waals surface area contributed by atoms with Gasteiger partial charge in [0.05, 0.1) is 0 Å². The molecule has 0 bridgehead atoms. The van der Waals surface area contributed by atoms with Crippen LogP contribution in [-0.2, 0) is 4.79 Å². The minimum atomic E-state index is -0.675. The van der Waals surface area contributed by atoms with Crippen LogP contribution in [0.15, 0.2) is 24.4 Å². The van der Waals surface area contributed by atoms with E-state index < -0.39 is 5.54 Å². The third kappa shape index (κ3) is 3.82. The van der Waals surface area contributed by atoms with E-state index in [0.717, 1.165) is 62.5 Å². The predicted molar refractivity (Wildman–Crippen MR) is 126 cm³/mol. The number of aromatic nitrogens is 5. The third-order valence-electron chi connectivity index (χ3n) is 7.23. The summed E-state index contributed by atoms with van der Waals surface area (Å²) in [6.07, 6.45) is 8.17. The van der Waals surface area contributed by atoms with Gasteiger partial charge in [-0.05, 0) is 64.1 Å². The molecule has 1 aliphatic carbocycles. The van der Waals surface area contributed by atoms with Crippen molar-refractivity contribution in [1.29, 1.82) is 0 Å². The molecule has 0 unspecified atom stereocenters. The molecule has 10 nitrogen and oxygen atoms in total. The number of rotatable bonds is 6. The van der Waals surface area contributed by atoms with Gasteiger partial charge >= 0.3 is 0 Å². The molecule has 0 spiro atoms. The molecule has 6 rings (SSSR count). The first-order valence-electron chi connectivity index (χ1n) is 12.1. The van der Waals surface area contributed by atoms with Crippen molar-refractivity contribution >= 4 is 29.3 Å². The van der Waals surface area contributed by atoms with Gasteiger partial charge in [-0.2, -0.15) is 15.1 Å². The van der Waals surface area contributed by atoms with Crippen LogP contribution in [0, 0.1) is 0 Å². The second-order valence-corrected chi connectivity index (χ2v) is 9.74. The fourth-order valence-corrected chi connectivity index (χ4v) is 5.08. The Hall–Kier alpha value is -3.14. The van der Waals surface area contributed by atoms with E-state index in [1.165, 1.54) is 12.8 Å². The molecule has 3 aromatic heterocycles. The van der Waals surface area contributed by atoms with Gasteiger partial charge in [0, 0.05) is 43.0 Å². The zero-order chi connectivity index (χ0) is 22.4. The van der Waals surface area contributed by atoms with Crippen molar-refractivity contribution in [3.05, 3.63) is 30.1 Å². The van der Waals surface area contributed by atoms with E-state index in [2.05, 4.69) is 37.1 Å². The van der Waals surface area contributed by atoms with Crippen molar-refractivity contribution in [3.8, 4) is 0 Å². The number of H-pyrrole nitrogens is 1. The summed E-state index contributed by atoms with van der Waals surface area (Å²) in [5.41, 5.74) is 1.27. The number of nitrogens with one attached hydrogen (secondary N) is 4. The Bertz CT molecular complexity index is 1160. The Morgan fingerprint density at radius 3 is 2.97 bits per heavy atom. The molecule has 2 aliphatic heterocycles. The van der Waals surface area contributed by atoms with Gasteiger partial charge in [0.25, 0.3) is 0 Å². The molecule has 0 aromatic carbocycles. The molecule has 1 amide bonds. The van der Waals surface area contributed by atoms with Crippen molar-refractivity contribution in [3.63, 3.8) is 0 Å². The summed E-state index contributed by atoms with van der Waals surface area (Å²) < 4.78 is 1.91. The maximum absolute atomic E-state index is 13.4. The molecule has 2 atom stereocenters. The average Bonchev–Trinajstić information content (AvgIpc) is 3.20. The summed E-state index contributed by atoms with van der Waals surface area (Å²) in [6.45, 7) is 4.61. The second kappa shape index (κ2) is 8.02. The van der Waals surface area contributed by atoms with Gasteiger partial charge in [-0.3, -0.25) is 14.3 Å². The zero-order valence-corrected chi connectivity index (χ0v) is 19.0. The number of nitrogens with zero attached hydrogens (tertiary/aromatic N) is 5. The number of carbonyl (C=O) groups excluding carboxylic acids is 1. The maximum atomic E-state index is 13.4. The van der Waals surface area contributed by atoms with E-state index in [-0.39, 0.29) is 11.9 Å². The van der Waals surface area contributed by atoms with E-state index in [9.17, 15) is 4.79 Å². The summed E-state index contributed by atoms with van der Waals surface area (Å²) in [6, 6.07) is 6.14. The predicted octanol–water partition coefficient (Wildman–Crippen LogP) is 2.30. The molecular formula is C23H31N9O.